The second kappa shape index (κ2) is 6.67. The maximum atomic E-state index is 10.9. The molecule has 1 heterocycles. The van der Waals surface area contributed by atoms with E-state index in [-0.39, 0.29) is 5.56 Å². The van der Waals surface area contributed by atoms with Crippen molar-refractivity contribution in [3.63, 3.8) is 0 Å². The van der Waals surface area contributed by atoms with Crippen LogP contribution in [0.1, 0.15) is 21.7 Å². The highest BCUT2D eigenvalue weighted by Crippen LogP contribution is 2.25. The van der Waals surface area contributed by atoms with Crippen molar-refractivity contribution in [3.05, 3.63) is 83.6 Å². The van der Waals surface area contributed by atoms with Gasteiger partial charge in [0.25, 0.3) is 0 Å². The lowest BCUT2D eigenvalue weighted by Crippen LogP contribution is -1.95. The summed E-state index contributed by atoms with van der Waals surface area (Å²) in [6.45, 7) is 0. The number of nitrogens with zero attached hydrogens (tertiary/aromatic N) is 1. The van der Waals surface area contributed by atoms with Crippen LogP contribution in [0.2, 0.25) is 0 Å². The monoisotopic (exact) mass is 315 g/mol. The number of nitriles is 1. The first kappa shape index (κ1) is 15.3. The quantitative estimate of drug-likeness (QED) is 0.708. The zero-order chi connectivity index (χ0) is 16.9. The molecule has 0 spiro atoms. The Labute approximate surface area is 138 Å². The molecular weight excluding hydrogens is 302 g/mol. The van der Waals surface area contributed by atoms with Crippen LogP contribution in [0, 0.1) is 11.3 Å². The molecule has 0 atom stereocenters. The zero-order valence-corrected chi connectivity index (χ0v) is 12.6. The van der Waals surface area contributed by atoms with Gasteiger partial charge in [-0.05, 0) is 35.9 Å². The van der Waals surface area contributed by atoms with Gasteiger partial charge in [-0.3, -0.25) is 0 Å². The first-order valence-electron chi connectivity index (χ1n) is 7.28. The number of rotatable bonds is 4. The largest absolute Gasteiger partial charge is 0.478 e. The number of allylic oxidation sites excluding steroid dienone is 1. The number of hydrogen-bond acceptors (Lipinski definition) is 3. The molecule has 0 radical (unpaired) electrons. The molecule has 3 aromatic rings. The van der Waals surface area contributed by atoms with Crippen molar-refractivity contribution < 1.29 is 14.3 Å². The van der Waals surface area contributed by atoms with E-state index in [1.54, 1.807) is 24.3 Å². The summed E-state index contributed by atoms with van der Waals surface area (Å²) in [6.07, 6.45) is 1.64. The van der Waals surface area contributed by atoms with E-state index < -0.39 is 5.97 Å². The van der Waals surface area contributed by atoms with Crippen molar-refractivity contribution in [1.82, 2.24) is 0 Å². The second-order valence-corrected chi connectivity index (χ2v) is 5.12. The molecular formula is C20H13NO3. The van der Waals surface area contributed by atoms with E-state index in [4.69, 9.17) is 9.52 Å². The lowest BCUT2D eigenvalue weighted by Gasteiger charge is -2.00. The van der Waals surface area contributed by atoms with Gasteiger partial charge in [-0.25, -0.2) is 4.79 Å². The summed E-state index contributed by atoms with van der Waals surface area (Å²) in [4.78, 5) is 10.9. The summed E-state index contributed by atoms with van der Waals surface area (Å²) in [6, 6.07) is 21.6. The Hall–Kier alpha value is -3.58. The van der Waals surface area contributed by atoms with Crippen molar-refractivity contribution in [1.29, 1.82) is 5.26 Å². The topological polar surface area (TPSA) is 74.2 Å². The van der Waals surface area contributed by atoms with Crippen molar-refractivity contribution in [2.45, 2.75) is 0 Å². The summed E-state index contributed by atoms with van der Waals surface area (Å²) in [5.74, 6) is 0.288. The molecule has 2 aromatic carbocycles. The van der Waals surface area contributed by atoms with E-state index >= 15 is 0 Å². The fourth-order valence-electron chi connectivity index (χ4n) is 2.30. The minimum atomic E-state index is -0.998. The van der Waals surface area contributed by atoms with Crippen LogP contribution in [-0.2, 0) is 0 Å². The lowest BCUT2D eigenvalue weighted by molar-refractivity contribution is 0.0697. The first-order valence-corrected chi connectivity index (χ1v) is 7.28. The first-order chi connectivity index (χ1) is 11.7. The van der Waals surface area contributed by atoms with Gasteiger partial charge >= 0.3 is 5.97 Å². The minimum Gasteiger partial charge on any atom is -0.478 e. The molecule has 0 aliphatic carbocycles. The van der Waals surface area contributed by atoms with Crippen LogP contribution in [0.4, 0.5) is 0 Å². The maximum Gasteiger partial charge on any atom is 0.335 e. The van der Waals surface area contributed by atoms with Crippen LogP contribution in [0.5, 0.6) is 0 Å². The SMILES string of the molecule is N#C/C(=C/c1ccc(-c2ccccc2)o1)c1ccc(C(=O)O)cc1. The summed E-state index contributed by atoms with van der Waals surface area (Å²) < 4.78 is 5.76. The van der Waals surface area contributed by atoms with E-state index in [0.29, 0.717) is 16.9 Å². The standard InChI is InChI=1S/C20H13NO3/c21-13-17(14-6-8-16(9-7-14)20(22)23)12-18-10-11-19(24-18)15-4-2-1-3-5-15/h1-12H,(H,22,23)/b17-12-. The Balaban J connectivity index is 1.90. The number of carbonyl (C=O) groups is 1. The number of aromatic carboxylic acids is 1. The molecule has 4 nitrogen and oxygen atoms in total. The van der Waals surface area contributed by atoms with E-state index in [2.05, 4.69) is 6.07 Å². The molecule has 1 aromatic heterocycles. The molecule has 0 saturated carbocycles. The van der Waals surface area contributed by atoms with Gasteiger partial charge < -0.3 is 9.52 Å². The highest BCUT2D eigenvalue weighted by atomic mass is 16.4. The number of carboxylic acids is 1. The van der Waals surface area contributed by atoms with Gasteiger partial charge in [-0.15, -0.1) is 0 Å². The van der Waals surface area contributed by atoms with Gasteiger partial charge in [-0.2, -0.15) is 5.26 Å². The summed E-state index contributed by atoms with van der Waals surface area (Å²) >= 11 is 0. The van der Waals surface area contributed by atoms with E-state index in [1.165, 1.54) is 12.1 Å². The number of furan rings is 1. The van der Waals surface area contributed by atoms with Gasteiger partial charge in [0.05, 0.1) is 17.2 Å². The smallest absolute Gasteiger partial charge is 0.335 e. The van der Waals surface area contributed by atoms with Crippen LogP contribution >= 0.6 is 0 Å². The fraction of sp³-hybridized carbons (Fsp3) is 0. The van der Waals surface area contributed by atoms with Crippen molar-refractivity contribution in [2.75, 3.05) is 0 Å². The Morgan fingerprint density at radius 3 is 2.25 bits per heavy atom. The van der Waals surface area contributed by atoms with Crippen molar-refractivity contribution in [2.24, 2.45) is 0 Å². The Kier molecular flexibility index (Phi) is 4.26. The molecule has 3 rings (SSSR count). The van der Waals surface area contributed by atoms with E-state index in [9.17, 15) is 10.1 Å². The highest BCUT2D eigenvalue weighted by molar-refractivity contribution is 5.91. The molecule has 116 valence electrons. The van der Waals surface area contributed by atoms with Crippen molar-refractivity contribution in [3.8, 4) is 17.4 Å². The predicted molar refractivity (Wildman–Crippen MR) is 91.0 cm³/mol. The Morgan fingerprint density at radius 1 is 0.958 bits per heavy atom. The molecule has 24 heavy (non-hydrogen) atoms. The number of carboxylic acid groups (broad SMARTS) is 1. The van der Waals surface area contributed by atoms with E-state index in [1.807, 2.05) is 36.4 Å². The summed E-state index contributed by atoms with van der Waals surface area (Å²) in [5.41, 5.74) is 2.18. The third kappa shape index (κ3) is 3.26. The molecule has 0 fully saturated rings. The Bertz CT molecular complexity index is 929. The molecule has 0 unspecified atom stereocenters. The summed E-state index contributed by atoms with van der Waals surface area (Å²) in [7, 11) is 0. The Morgan fingerprint density at radius 2 is 1.62 bits per heavy atom. The zero-order valence-electron chi connectivity index (χ0n) is 12.6. The van der Waals surface area contributed by atoms with Crippen LogP contribution in [0.3, 0.4) is 0 Å². The number of hydrogen-bond donors (Lipinski definition) is 1. The number of benzene rings is 2. The molecule has 0 bridgehead atoms. The third-order valence-electron chi connectivity index (χ3n) is 3.53. The van der Waals surface area contributed by atoms with Crippen LogP contribution < -0.4 is 0 Å². The minimum absolute atomic E-state index is 0.181. The van der Waals surface area contributed by atoms with E-state index in [0.717, 1.165) is 11.3 Å². The molecule has 0 saturated heterocycles. The fourth-order valence-corrected chi connectivity index (χ4v) is 2.30. The van der Waals surface area contributed by atoms with Crippen LogP contribution in [-0.4, -0.2) is 11.1 Å². The molecule has 4 heteroatoms. The average molecular weight is 315 g/mol. The van der Waals surface area contributed by atoms with Gasteiger partial charge in [0.15, 0.2) is 0 Å². The van der Waals surface area contributed by atoms with Gasteiger partial charge in [0, 0.05) is 5.56 Å². The van der Waals surface area contributed by atoms with Gasteiger partial charge in [0.2, 0.25) is 0 Å². The summed E-state index contributed by atoms with van der Waals surface area (Å²) in [5, 5.41) is 18.3. The van der Waals surface area contributed by atoms with Crippen LogP contribution in [0.25, 0.3) is 23.0 Å². The second-order valence-electron chi connectivity index (χ2n) is 5.12. The molecule has 0 amide bonds. The average Bonchev–Trinajstić information content (AvgIpc) is 3.09. The predicted octanol–water partition coefficient (Wildman–Crippen LogP) is 4.71. The lowest BCUT2D eigenvalue weighted by atomic mass is 10.0. The third-order valence-corrected chi connectivity index (χ3v) is 3.53. The normalized spacial score (nSPS) is 11.0. The molecule has 1 N–H and O–H groups in total. The van der Waals surface area contributed by atoms with Gasteiger partial charge in [0.1, 0.15) is 11.5 Å². The van der Waals surface area contributed by atoms with Gasteiger partial charge in [-0.1, -0.05) is 42.5 Å². The molecule has 0 aliphatic heterocycles. The maximum absolute atomic E-state index is 10.9. The van der Waals surface area contributed by atoms with Crippen molar-refractivity contribution >= 4 is 17.6 Å². The highest BCUT2D eigenvalue weighted by Gasteiger charge is 2.07. The molecule has 0 aliphatic rings. The van der Waals surface area contributed by atoms with Crippen LogP contribution in [0.15, 0.2) is 71.1 Å².